The Hall–Kier alpha value is -1.19. The lowest BCUT2D eigenvalue weighted by Crippen LogP contribution is -2.27. The van der Waals surface area contributed by atoms with Crippen LogP contribution in [0, 0.1) is 0 Å². The third kappa shape index (κ3) is 1.69. The highest BCUT2D eigenvalue weighted by molar-refractivity contribution is 5.05. The van der Waals surface area contributed by atoms with Crippen LogP contribution in [0.4, 0.5) is 0 Å². The molecule has 4 nitrogen and oxygen atoms in total. The van der Waals surface area contributed by atoms with Gasteiger partial charge in [-0.2, -0.15) is 10.1 Å². The topological polar surface area (TPSA) is 47.8 Å². The molecule has 66 valence electrons. The average molecular weight is 167 g/mol. The summed E-state index contributed by atoms with van der Waals surface area (Å²) in [5.41, 5.74) is 0.450. The van der Waals surface area contributed by atoms with Crippen molar-refractivity contribution in [3.05, 3.63) is 22.4 Å². The Labute approximate surface area is 71.3 Å². The Kier molecular flexibility index (Phi) is 2.00. The summed E-state index contributed by atoms with van der Waals surface area (Å²) < 4.78 is 1.25. The molecule has 1 aromatic heterocycles. The van der Waals surface area contributed by atoms with Crippen LogP contribution in [0.2, 0.25) is 0 Å². The second-order valence-corrected chi connectivity index (χ2v) is 3.80. The van der Waals surface area contributed by atoms with Gasteiger partial charge in [-0.3, -0.25) is 0 Å². The van der Waals surface area contributed by atoms with Crippen molar-refractivity contribution in [3.8, 4) is 0 Å². The molecule has 0 saturated carbocycles. The minimum Gasteiger partial charge on any atom is -0.244 e. The molecular formula is C8H13N3O. The Morgan fingerprint density at radius 3 is 2.42 bits per heavy atom. The van der Waals surface area contributed by atoms with Gasteiger partial charge in [0.15, 0.2) is 0 Å². The normalized spacial score (nSPS) is 11.7. The predicted molar refractivity (Wildman–Crippen MR) is 46.0 cm³/mol. The van der Waals surface area contributed by atoms with Crippen molar-refractivity contribution < 1.29 is 0 Å². The molecule has 0 unspecified atom stereocenters. The molecule has 0 amide bonds. The van der Waals surface area contributed by atoms with Gasteiger partial charge in [0.25, 0.3) is 0 Å². The molecule has 0 spiro atoms. The predicted octanol–water partition coefficient (Wildman–Crippen LogP) is 0.473. The van der Waals surface area contributed by atoms with Crippen molar-refractivity contribution in [1.82, 2.24) is 14.8 Å². The van der Waals surface area contributed by atoms with Crippen molar-refractivity contribution in [2.45, 2.75) is 26.2 Å². The van der Waals surface area contributed by atoms with Crippen LogP contribution >= 0.6 is 0 Å². The van der Waals surface area contributed by atoms with Crippen LogP contribution in [0.15, 0.2) is 11.0 Å². The van der Waals surface area contributed by atoms with E-state index >= 15 is 0 Å². The van der Waals surface area contributed by atoms with Gasteiger partial charge in [-0.05, 0) is 0 Å². The highest BCUT2D eigenvalue weighted by Crippen LogP contribution is 2.16. The Morgan fingerprint density at radius 2 is 2.00 bits per heavy atom. The minimum absolute atomic E-state index is 0.0571. The van der Waals surface area contributed by atoms with E-state index in [1.54, 1.807) is 7.05 Å². The summed E-state index contributed by atoms with van der Waals surface area (Å²) in [5, 5.41) is 4.09. The average Bonchev–Trinajstić information content (AvgIpc) is 1.92. The molecule has 0 N–H and O–H groups in total. The summed E-state index contributed by atoms with van der Waals surface area (Å²) >= 11 is 0. The molecule has 12 heavy (non-hydrogen) atoms. The fourth-order valence-corrected chi connectivity index (χ4v) is 0.774. The van der Waals surface area contributed by atoms with Gasteiger partial charge in [-0.25, -0.2) is 9.48 Å². The van der Waals surface area contributed by atoms with Gasteiger partial charge in [-0.1, -0.05) is 20.8 Å². The first-order valence-electron chi connectivity index (χ1n) is 3.82. The van der Waals surface area contributed by atoms with Gasteiger partial charge in [0, 0.05) is 12.5 Å². The third-order valence-corrected chi connectivity index (χ3v) is 1.60. The van der Waals surface area contributed by atoms with Crippen LogP contribution in [0.25, 0.3) is 0 Å². The van der Waals surface area contributed by atoms with E-state index in [-0.39, 0.29) is 11.1 Å². The van der Waals surface area contributed by atoms with Gasteiger partial charge in [0.2, 0.25) is 0 Å². The first-order valence-corrected chi connectivity index (χ1v) is 3.82. The largest absolute Gasteiger partial charge is 0.363 e. The van der Waals surface area contributed by atoms with Crippen molar-refractivity contribution in [3.63, 3.8) is 0 Å². The van der Waals surface area contributed by atoms with Crippen LogP contribution in [0.3, 0.4) is 0 Å². The maximum Gasteiger partial charge on any atom is 0.363 e. The standard InChI is InChI=1S/C8H13N3O/c1-8(2,3)6-5-9-7(12)11(4)10-6/h5H,1-4H3. The molecule has 0 aliphatic heterocycles. The van der Waals surface area contributed by atoms with E-state index in [9.17, 15) is 4.79 Å². The molecule has 0 aliphatic carbocycles. The van der Waals surface area contributed by atoms with Crippen LogP contribution in [-0.2, 0) is 12.5 Å². The summed E-state index contributed by atoms with van der Waals surface area (Å²) in [6.45, 7) is 6.09. The number of aromatic nitrogens is 3. The molecule has 0 atom stereocenters. The summed E-state index contributed by atoms with van der Waals surface area (Å²) in [5.74, 6) is 0. The Morgan fingerprint density at radius 1 is 1.42 bits per heavy atom. The van der Waals surface area contributed by atoms with Crippen molar-refractivity contribution >= 4 is 0 Å². The lowest BCUT2D eigenvalue weighted by molar-refractivity contribution is 0.519. The number of nitrogens with zero attached hydrogens (tertiary/aromatic N) is 3. The van der Waals surface area contributed by atoms with E-state index in [0.717, 1.165) is 5.69 Å². The third-order valence-electron chi connectivity index (χ3n) is 1.60. The van der Waals surface area contributed by atoms with Gasteiger partial charge < -0.3 is 0 Å². The summed E-state index contributed by atoms with van der Waals surface area (Å²) in [6.07, 6.45) is 1.53. The molecule has 0 fully saturated rings. The fourth-order valence-electron chi connectivity index (χ4n) is 0.774. The van der Waals surface area contributed by atoms with Crippen molar-refractivity contribution in [2.24, 2.45) is 7.05 Å². The smallest absolute Gasteiger partial charge is 0.244 e. The van der Waals surface area contributed by atoms with E-state index in [2.05, 4.69) is 10.1 Å². The van der Waals surface area contributed by atoms with Crippen molar-refractivity contribution in [2.75, 3.05) is 0 Å². The lowest BCUT2D eigenvalue weighted by atomic mass is 9.93. The zero-order valence-electron chi connectivity index (χ0n) is 7.83. The second-order valence-electron chi connectivity index (χ2n) is 3.80. The van der Waals surface area contributed by atoms with Gasteiger partial charge >= 0.3 is 5.69 Å². The van der Waals surface area contributed by atoms with Crippen molar-refractivity contribution in [1.29, 1.82) is 0 Å². The Bertz CT molecular complexity index is 335. The molecule has 0 aromatic carbocycles. The summed E-state index contributed by atoms with van der Waals surface area (Å²) in [4.78, 5) is 14.6. The van der Waals surface area contributed by atoms with E-state index < -0.39 is 0 Å². The number of rotatable bonds is 0. The van der Waals surface area contributed by atoms with E-state index in [0.29, 0.717) is 0 Å². The highest BCUT2D eigenvalue weighted by atomic mass is 16.1. The van der Waals surface area contributed by atoms with Crippen LogP contribution < -0.4 is 5.69 Å². The fraction of sp³-hybridized carbons (Fsp3) is 0.625. The molecule has 1 rings (SSSR count). The molecule has 0 aliphatic rings. The summed E-state index contributed by atoms with van der Waals surface area (Å²) in [7, 11) is 1.60. The maximum absolute atomic E-state index is 10.9. The monoisotopic (exact) mass is 167 g/mol. The van der Waals surface area contributed by atoms with E-state index in [1.807, 2.05) is 20.8 Å². The molecule has 4 heteroatoms. The molecular weight excluding hydrogens is 154 g/mol. The summed E-state index contributed by atoms with van der Waals surface area (Å²) in [6, 6.07) is 0. The van der Waals surface area contributed by atoms with Gasteiger partial charge in [-0.15, -0.1) is 0 Å². The number of hydrogen-bond donors (Lipinski definition) is 0. The highest BCUT2D eigenvalue weighted by Gasteiger charge is 2.16. The first kappa shape index (κ1) is 8.90. The zero-order chi connectivity index (χ0) is 9.35. The molecule has 0 radical (unpaired) electrons. The minimum atomic E-state index is -0.317. The molecule has 0 bridgehead atoms. The first-order chi connectivity index (χ1) is 5.41. The van der Waals surface area contributed by atoms with Crippen LogP contribution in [0.5, 0.6) is 0 Å². The second kappa shape index (κ2) is 2.69. The number of aryl methyl sites for hydroxylation is 1. The van der Waals surface area contributed by atoms with Gasteiger partial charge in [0.1, 0.15) is 0 Å². The van der Waals surface area contributed by atoms with E-state index in [4.69, 9.17) is 0 Å². The zero-order valence-corrected chi connectivity index (χ0v) is 7.83. The quantitative estimate of drug-likeness (QED) is 0.564. The maximum atomic E-state index is 10.9. The van der Waals surface area contributed by atoms with Gasteiger partial charge in [0.05, 0.1) is 11.9 Å². The SMILES string of the molecule is Cn1nc(C(C)(C)C)cnc1=O. The molecule has 1 heterocycles. The van der Waals surface area contributed by atoms with E-state index in [1.165, 1.54) is 10.9 Å². The number of hydrogen-bond acceptors (Lipinski definition) is 3. The molecule has 1 aromatic rings. The Balaban J connectivity index is 3.23. The van der Waals surface area contributed by atoms with Crippen LogP contribution in [-0.4, -0.2) is 14.8 Å². The van der Waals surface area contributed by atoms with Crippen LogP contribution in [0.1, 0.15) is 26.5 Å². The lowest BCUT2D eigenvalue weighted by Gasteiger charge is -2.16. The molecule has 0 saturated heterocycles.